The third-order valence-electron chi connectivity index (χ3n) is 2.97. The molecule has 7 heteroatoms. The van der Waals surface area contributed by atoms with Crippen molar-refractivity contribution in [3.63, 3.8) is 0 Å². The van der Waals surface area contributed by atoms with Crippen LogP contribution in [0.2, 0.25) is 0 Å². The lowest BCUT2D eigenvalue weighted by Gasteiger charge is -2.23. The number of para-hydroxylation sites is 2. The third kappa shape index (κ3) is 2.73. The van der Waals surface area contributed by atoms with Gasteiger partial charge in [-0.1, -0.05) is 24.3 Å². The van der Waals surface area contributed by atoms with Crippen molar-refractivity contribution in [1.29, 1.82) is 0 Å². The van der Waals surface area contributed by atoms with E-state index in [0.717, 1.165) is 4.90 Å². The average Bonchev–Trinajstić information content (AvgIpc) is 2.47. The van der Waals surface area contributed by atoms with E-state index in [9.17, 15) is 24.6 Å². The quantitative estimate of drug-likeness (QED) is 0.800. The lowest BCUT2D eigenvalue weighted by atomic mass is 10.1. The summed E-state index contributed by atoms with van der Waals surface area (Å²) < 4.78 is 0. The number of amides is 2. The molecule has 0 spiro atoms. The number of nitrogens with zero attached hydrogens (tertiary/aromatic N) is 1. The Kier molecular flexibility index (Phi) is 4.08. The number of carbonyl (C=O) groups excluding carboxylic acids is 1. The molecule has 0 saturated carbocycles. The molecule has 0 radical (unpaired) electrons. The zero-order valence-electron chi connectivity index (χ0n) is 11.3. The number of rotatable bonds is 4. The lowest BCUT2D eigenvalue weighted by Crippen LogP contribution is -2.33. The van der Waals surface area contributed by atoms with Gasteiger partial charge in [0.1, 0.15) is 0 Å². The van der Waals surface area contributed by atoms with Crippen molar-refractivity contribution in [2.75, 3.05) is 4.90 Å². The molecule has 2 rings (SSSR count). The highest BCUT2D eigenvalue weighted by molar-refractivity contribution is 6.08. The normalized spacial score (nSPS) is 10.0. The first kappa shape index (κ1) is 15.0. The molecule has 2 aromatic carbocycles. The maximum absolute atomic E-state index is 11.8. The predicted octanol–water partition coefficient (Wildman–Crippen LogP) is 2.30. The average molecular weight is 300 g/mol. The van der Waals surface area contributed by atoms with Crippen molar-refractivity contribution in [2.45, 2.75) is 0 Å². The number of carboxylic acids is 2. The van der Waals surface area contributed by atoms with E-state index in [4.69, 9.17) is 5.73 Å². The van der Waals surface area contributed by atoms with Gasteiger partial charge in [0.05, 0.1) is 22.5 Å². The summed E-state index contributed by atoms with van der Waals surface area (Å²) in [5, 5.41) is 18.5. The second kappa shape index (κ2) is 5.96. The Morgan fingerprint density at radius 3 is 1.45 bits per heavy atom. The van der Waals surface area contributed by atoms with Crippen LogP contribution < -0.4 is 10.6 Å². The van der Waals surface area contributed by atoms with E-state index in [0.29, 0.717) is 0 Å². The monoisotopic (exact) mass is 300 g/mol. The van der Waals surface area contributed by atoms with Crippen molar-refractivity contribution in [3.8, 4) is 0 Å². The summed E-state index contributed by atoms with van der Waals surface area (Å²) in [5.41, 5.74) is 5.00. The topological polar surface area (TPSA) is 121 Å². The van der Waals surface area contributed by atoms with Crippen LogP contribution in [0.4, 0.5) is 16.2 Å². The van der Waals surface area contributed by atoms with Crippen molar-refractivity contribution < 1.29 is 24.6 Å². The van der Waals surface area contributed by atoms with Gasteiger partial charge >= 0.3 is 18.0 Å². The summed E-state index contributed by atoms with van der Waals surface area (Å²) in [6.07, 6.45) is 0. The maximum atomic E-state index is 11.8. The minimum Gasteiger partial charge on any atom is -0.478 e. The first-order valence-corrected chi connectivity index (χ1v) is 6.17. The summed E-state index contributed by atoms with van der Waals surface area (Å²) in [6, 6.07) is 10.4. The second-order valence-electron chi connectivity index (χ2n) is 4.32. The van der Waals surface area contributed by atoms with Crippen molar-refractivity contribution >= 4 is 29.3 Å². The van der Waals surface area contributed by atoms with E-state index in [1.807, 2.05) is 0 Å². The number of aromatic carboxylic acids is 2. The highest BCUT2D eigenvalue weighted by atomic mass is 16.4. The van der Waals surface area contributed by atoms with Crippen LogP contribution in [0.15, 0.2) is 48.5 Å². The van der Waals surface area contributed by atoms with Gasteiger partial charge in [-0.05, 0) is 24.3 Å². The molecular weight excluding hydrogens is 288 g/mol. The zero-order chi connectivity index (χ0) is 16.3. The molecule has 4 N–H and O–H groups in total. The number of carboxylic acid groups (broad SMARTS) is 2. The van der Waals surface area contributed by atoms with Gasteiger partial charge in [0.25, 0.3) is 0 Å². The Hall–Kier alpha value is -3.35. The molecule has 0 bridgehead atoms. The van der Waals surface area contributed by atoms with Crippen molar-refractivity contribution in [3.05, 3.63) is 59.7 Å². The molecule has 22 heavy (non-hydrogen) atoms. The summed E-state index contributed by atoms with van der Waals surface area (Å²) in [4.78, 5) is 35.3. The van der Waals surface area contributed by atoms with Gasteiger partial charge in [0, 0.05) is 0 Å². The first-order chi connectivity index (χ1) is 10.4. The first-order valence-electron chi connectivity index (χ1n) is 6.17. The van der Waals surface area contributed by atoms with Crippen molar-refractivity contribution in [1.82, 2.24) is 0 Å². The number of anilines is 2. The molecule has 0 unspecified atom stereocenters. The number of carbonyl (C=O) groups is 3. The van der Waals surface area contributed by atoms with Gasteiger partial charge in [0.2, 0.25) is 0 Å². The number of benzene rings is 2. The highest BCUT2D eigenvalue weighted by Gasteiger charge is 2.24. The molecule has 2 amide bonds. The summed E-state index contributed by atoms with van der Waals surface area (Å²) in [6.45, 7) is 0. The number of hydrogen-bond acceptors (Lipinski definition) is 3. The molecule has 0 aliphatic rings. The van der Waals surface area contributed by atoms with E-state index in [1.54, 1.807) is 0 Å². The molecule has 112 valence electrons. The molecule has 0 aliphatic carbocycles. The smallest absolute Gasteiger partial charge is 0.337 e. The van der Waals surface area contributed by atoms with E-state index >= 15 is 0 Å². The van der Waals surface area contributed by atoms with Crippen LogP contribution in [-0.4, -0.2) is 28.2 Å². The number of nitrogens with two attached hydrogens (primary N) is 1. The fourth-order valence-electron chi connectivity index (χ4n) is 2.07. The largest absolute Gasteiger partial charge is 0.478 e. The molecule has 0 saturated heterocycles. The van der Waals surface area contributed by atoms with Gasteiger partial charge in [-0.15, -0.1) is 0 Å². The zero-order valence-corrected chi connectivity index (χ0v) is 11.3. The van der Waals surface area contributed by atoms with Crippen molar-refractivity contribution in [2.24, 2.45) is 5.73 Å². The van der Waals surface area contributed by atoms with E-state index in [-0.39, 0.29) is 22.5 Å². The molecule has 7 nitrogen and oxygen atoms in total. The third-order valence-corrected chi connectivity index (χ3v) is 2.97. The van der Waals surface area contributed by atoms with Crippen LogP contribution in [-0.2, 0) is 0 Å². The Bertz CT molecular complexity index is 700. The van der Waals surface area contributed by atoms with Gasteiger partial charge < -0.3 is 15.9 Å². The SMILES string of the molecule is NC(=O)N(c1ccccc1C(=O)O)c1ccccc1C(=O)O. The molecule has 0 fully saturated rings. The van der Waals surface area contributed by atoms with E-state index in [1.165, 1.54) is 48.5 Å². The van der Waals surface area contributed by atoms with Gasteiger partial charge in [-0.3, -0.25) is 4.90 Å². The predicted molar refractivity (Wildman–Crippen MR) is 78.5 cm³/mol. The van der Waals surface area contributed by atoms with Crippen LogP contribution in [0.3, 0.4) is 0 Å². The molecule has 0 aromatic heterocycles. The molecule has 0 heterocycles. The number of primary amides is 1. The van der Waals surface area contributed by atoms with Gasteiger partial charge in [0.15, 0.2) is 0 Å². The van der Waals surface area contributed by atoms with Crippen LogP contribution in [0, 0.1) is 0 Å². The fourth-order valence-corrected chi connectivity index (χ4v) is 2.07. The van der Waals surface area contributed by atoms with Crippen LogP contribution in [0.25, 0.3) is 0 Å². The Balaban J connectivity index is 2.71. The Labute approximate surface area is 125 Å². The maximum Gasteiger partial charge on any atom is 0.337 e. The number of hydrogen-bond donors (Lipinski definition) is 3. The highest BCUT2D eigenvalue weighted by Crippen LogP contribution is 2.31. The van der Waals surface area contributed by atoms with Gasteiger partial charge in [-0.2, -0.15) is 0 Å². The minimum atomic E-state index is -1.25. The Morgan fingerprint density at radius 1 is 0.773 bits per heavy atom. The molecular formula is C15H12N2O5. The second-order valence-corrected chi connectivity index (χ2v) is 4.32. The lowest BCUT2D eigenvalue weighted by molar-refractivity contribution is 0.0688. The molecule has 0 atom stereocenters. The van der Waals surface area contributed by atoms with Crippen LogP contribution in [0.1, 0.15) is 20.7 Å². The minimum absolute atomic E-state index is 0.00352. The number of urea groups is 1. The van der Waals surface area contributed by atoms with Gasteiger partial charge in [-0.25, -0.2) is 14.4 Å². The summed E-state index contributed by atoms with van der Waals surface area (Å²) in [5.74, 6) is -2.51. The standard InChI is InChI=1S/C15H12N2O5/c16-15(22)17(11-7-3-1-5-9(11)13(18)19)12-8-4-2-6-10(12)14(20)21/h1-8H,(H2,16,22)(H,18,19)(H,20,21). The van der Waals surface area contributed by atoms with E-state index < -0.39 is 18.0 Å². The fraction of sp³-hybridized carbons (Fsp3) is 0. The van der Waals surface area contributed by atoms with Crippen LogP contribution in [0.5, 0.6) is 0 Å². The van der Waals surface area contributed by atoms with Crippen LogP contribution >= 0.6 is 0 Å². The summed E-state index contributed by atoms with van der Waals surface area (Å²) >= 11 is 0. The molecule has 0 aliphatic heterocycles. The molecule has 2 aromatic rings. The van der Waals surface area contributed by atoms with E-state index in [2.05, 4.69) is 0 Å². The summed E-state index contributed by atoms with van der Waals surface area (Å²) in [7, 11) is 0. The Morgan fingerprint density at radius 2 is 1.14 bits per heavy atom.